The average Bonchev–Trinajstić information content (AvgIpc) is 2.46. The molecular weight excluding hydrogens is 302 g/mol. The van der Waals surface area contributed by atoms with E-state index in [4.69, 9.17) is 0 Å². The van der Waals surface area contributed by atoms with Gasteiger partial charge in [-0.15, -0.1) is 0 Å². The van der Waals surface area contributed by atoms with Gasteiger partial charge in [-0.25, -0.2) is 0 Å². The predicted molar refractivity (Wildman–Crippen MR) is 79.3 cm³/mol. The van der Waals surface area contributed by atoms with E-state index >= 15 is 0 Å². The maximum Gasteiger partial charge on any atom is 0.195 e. The Balaban J connectivity index is 2.17. The van der Waals surface area contributed by atoms with Crippen LogP contribution < -0.4 is 0 Å². The lowest BCUT2D eigenvalue weighted by molar-refractivity contribution is 0.104. The van der Waals surface area contributed by atoms with Crippen LogP contribution >= 0.6 is 15.9 Å². The topological polar surface area (TPSA) is 30.0 Å². The minimum Gasteiger partial charge on any atom is -0.289 e. The third-order valence-corrected chi connectivity index (χ3v) is 3.49. The van der Waals surface area contributed by atoms with Crippen molar-refractivity contribution in [1.29, 1.82) is 0 Å². The van der Waals surface area contributed by atoms with Gasteiger partial charge >= 0.3 is 0 Å². The number of halogens is 1. The van der Waals surface area contributed by atoms with E-state index in [0.717, 1.165) is 15.2 Å². The molecule has 3 rings (SSSR count). The SMILES string of the molecule is O=C(c1cccc(Br)c1)c1cncc2ccccc12. The fourth-order valence-electron chi connectivity index (χ4n) is 2.08. The maximum atomic E-state index is 12.6. The highest BCUT2D eigenvalue weighted by atomic mass is 79.9. The summed E-state index contributed by atoms with van der Waals surface area (Å²) < 4.78 is 0.895. The van der Waals surface area contributed by atoms with Crippen LogP contribution in [0.5, 0.6) is 0 Å². The van der Waals surface area contributed by atoms with Crippen molar-refractivity contribution >= 4 is 32.5 Å². The van der Waals surface area contributed by atoms with Crippen molar-refractivity contribution in [1.82, 2.24) is 4.98 Å². The number of ketones is 1. The molecule has 0 unspecified atom stereocenters. The van der Waals surface area contributed by atoms with E-state index in [1.807, 2.05) is 48.5 Å². The van der Waals surface area contributed by atoms with E-state index in [1.54, 1.807) is 12.4 Å². The van der Waals surface area contributed by atoms with Gasteiger partial charge in [-0.05, 0) is 17.5 Å². The minimum absolute atomic E-state index is 0.00870. The summed E-state index contributed by atoms with van der Waals surface area (Å²) in [5.74, 6) is -0.00870. The van der Waals surface area contributed by atoms with E-state index in [0.29, 0.717) is 11.1 Å². The molecule has 2 aromatic carbocycles. The number of benzene rings is 2. The average molecular weight is 312 g/mol. The molecule has 0 spiro atoms. The molecule has 0 aliphatic rings. The van der Waals surface area contributed by atoms with Crippen LogP contribution in [-0.4, -0.2) is 10.8 Å². The second-order valence-corrected chi connectivity index (χ2v) is 5.16. The maximum absolute atomic E-state index is 12.6. The summed E-state index contributed by atoms with van der Waals surface area (Å²) in [6.45, 7) is 0. The summed E-state index contributed by atoms with van der Waals surface area (Å²) in [7, 11) is 0. The van der Waals surface area contributed by atoms with Crippen LogP contribution in [-0.2, 0) is 0 Å². The summed E-state index contributed by atoms with van der Waals surface area (Å²) in [4.78, 5) is 16.7. The number of carbonyl (C=O) groups is 1. The fraction of sp³-hybridized carbons (Fsp3) is 0. The van der Waals surface area contributed by atoms with Crippen LogP contribution in [0.1, 0.15) is 15.9 Å². The number of rotatable bonds is 2. The van der Waals surface area contributed by atoms with Crippen LogP contribution in [0, 0.1) is 0 Å². The van der Waals surface area contributed by atoms with E-state index in [9.17, 15) is 4.79 Å². The summed E-state index contributed by atoms with van der Waals surface area (Å²) >= 11 is 3.38. The molecule has 0 saturated heterocycles. The van der Waals surface area contributed by atoms with Gasteiger partial charge in [-0.2, -0.15) is 0 Å². The Morgan fingerprint density at radius 2 is 1.84 bits per heavy atom. The third kappa shape index (κ3) is 2.29. The molecular formula is C16H10BrNO. The highest BCUT2D eigenvalue weighted by Crippen LogP contribution is 2.21. The predicted octanol–water partition coefficient (Wildman–Crippen LogP) is 4.23. The molecule has 2 nitrogen and oxygen atoms in total. The second kappa shape index (κ2) is 4.94. The van der Waals surface area contributed by atoms with Crippen molar-refractivity contribution in [3.05, 3.63) is 76.5 Å². The zero-order valence-corrected chi connectivity index (χ0v) is 11.6. The van der Waals surface area contributed by atoms with Crippen molar-refractivity contribution in [3.63, 3.8) is 0 Å². The van der Waals surface area contributed by atoms with Crippen LogP contribution in [0.4, 0.5) is 0 Å². The second-order valence-electron chi connectivity index (χ2n) is 4.25. The highest BCUT2D eigenvalue weighted by Gasteiger charge is 2.12. The van der Waals surface area contributed by atoms with E-state index < -0.39 is 0 Å². The smallest absolute Gasteiger partial charge is 0.195 e. The molecule has 0 fully saturated rings. The molecule has 0 bridgehead atoms. The summed E-state index contributed by atoms with van der Waals surface area (Å²) in [6, 6.07) is 15.2. The van der Waals surface area contributed by atoms with Crippen LogP contribution in [0.3, 0.4) is 0 Å². The molecule has 0 saturated carbocycles. The Hall–Kier alpha value is -2.00. The molecule has 1 heterocycles. The van der Waals surface area contributed by atoms with Crippen LogP contribution in [0.2, 0.25) is 0 Å². The minimum atomic E-state index is -0.00870. The van der Waals surface area contributed by atoms with Crippen molar-refractivity contribution in [3.8, 4) is 0 Å². The molecule has 0 atom stereocenters. The Morgan fingerprint density at radius 1 is 1.00 bits per heavy atom. The summed E-state index contributed by atoms with van der Waals surface area (Å²) in [5, 5.41) is 1.91. The van der Waals surface area contributed by atoms with Crippen LogP contribution in [0.15, 0.2) is 65.4 Å². The lowest BCUT2D eigenvalue weighted by Crippen LogP contribution is -2.02. The monoisotopic (exact) mass is 311 g/mol. The standard InChI is InChI=1S/C16H10BrNO/c17-13-6-3-5-11(8-13)16(19)15-10-18-9-12-4-1-2-7-14(12)15/h1-10H. The van der Waals surface area contributed by atoms with Gasteiger partial charge in [0.1, 0.15) is 0 Å². The molecule has 0 amide bonds. The molecule has 0 radical (unpaired) electrons. The van der Waals surface area contributed by atoms with Gasteiger partial charge in [0.25, 0.3) is 0 Å². The van der Waals surface area contributed by atoms with Crippen molar-refractivity contribution in [2.24, 2.45) is 0 Å². The Labute approximate surface area is 119 Å². The largest absolute Gasteiger partial charge is 0.289 e. The Morgan fingerprint density at radius 3 is 2.68 bits per heavy atom. The summed E-state index contributed by atoms with van der Waals surface area (Å²) in [6.07, 6.45) is 3.40. The first kappa shape index (κ1) is 12.1. The van der Waals surface area contributed by atoms with Gasteiger partial charge in [0.15, 0.2) is 5.78 Å². The molecule has 19 heavy (non-hydrogen) atoms. The number of fused-ring (bicyclic) bond motifs is 1. The quantitative estimate of drug-likeness (QED) is 0.663. The van der Waals surface area contributed by atoms with E-state index in [1.165, 1.54) is 0 Å². The lowest BCUT2D eigenvalue weighted by atomic mass is 10.00. The van der Waals surface area contributed by atoms with Gasteiger partial charge in [0.2, 0.25) is 0 Å². The highest BCUT2D eigenvalue weighted by molar-refractivity contribution is 9.10. The number of carbonyl (C=O) groups excluding carboxylic acids is 1. The van der Waals surface area contributed by atoms with Gasteiger partial charge in [-0.3, -0.25) is 9.78 Å². The zero-order valence-electron chi connectivity index (χ0n) is 10.0. The number of pyridine rings is 1. The van der Waals surface area contributed by atoms with Gasteiger partial charge in [0, 0.05) is 33.4 Å². The van der Waals surface area contributed by atoms with Crippen molar-refractivity contribution < 1.29 is 4.79 Å². The van der Waals surface area contributed by atoms with Crippen molar-refractivity contribution in [2.45, 2.75) is 0 Å². The molecule has 3 aromatic rings. The molecule has 1 aromatic heterocycles. The first-order valence-electron chi connectivity index (χ1n) is 5.89. The van der Waals surface area contributed by atoms with Gasteiger partial charge in [-0.1, -0.05) is 52.3 Å². The van der Waals surface area contributed by atoms with Gasteiger partial charge < -0.3 is 0 Å². The van der Waals surface area contributed by atoms with Crippen molar-refractivity contribution in [2.75, 3.05) is 0 Å². The molecule has 0 N–H and O–H groups in total. The van der Waals surface area contributed by atoms with E-state index in [2.05, 4.69) is 20.9 Å². The molecule has 0 aliphatic heterocycles. The summed E-state index contributed by atoms with van der Waals surface area (Å²) in [5.41, 5.74) is 1.30. The Bertz CT molecular complexity index is 762. The number of aromatic nitrogens is 1. The normalized spacial score (nSPS) is 10.6. The fourth-order valence-corrected chi connectivity index (χ4v) is 2.48. The lowest BCUT2D eigenvalue weighted by Gasteiger charge is -2.05. The molecule has 0 aliphatic carbocycles. The first-order valence-corrected chi connectivity index (χ1v) is 6.68. The number of nitrogens with zero attached hydrogens (tertiary/aromatic N) is 1. The molecule has 3 heteroatoms. The zero-order chi connectivity index (χ0) is 13.2. The van der Waals surface area contributed by atoms with E-state index in [-0.39, 0.29) is 5.78 Å². The van der Waals surface area contributed by atoms with Crippen LogP contribution in [0.25, 0.3) is 10.8 Å². The number of hydrogen-bond donors (Lipinski definition) is 0. The first-order chi connectivity index (χ1) is 9.25. The molecule has 92 valence electrons. The Kier molecular flexibility index (Phi) is 3.13. The van der Waals surface area contributed by atoms with Gasteiger partial charge in [0.05, 0.1) is 0 Å². The third-order valence-electron chi connectivity index (χ3n) is 3.00. The number of hydrogen-bond acceptors (Lipinski definition) is 2.